The van der Waals surface area contributed by atoms with Crippen LogP contribution in [-0.4, -0.2) is 133 Å². The monoisotopic (exact) mass is 421 g/mol. The molecule has 0 atom stereocenters. The maximum absolute atomic E-state index is 11.9. The number of aliphatic carboxylic acids is 3. The second-order valence-electron chi connectivity index (χ2n) is 6.16. The van der Waals surface area contributed by atoms with E-state index in [2.05, 4.69) is 16.0 Å². The van der Waals surface area contributed by atoms with Crippen molar-refractivity contribution in [1.82, 2.24) is 25.8 Å². The van der Waals surface area contributed by atoms with Gasteiger partial charge in [0.25, 0.3) is 0 Å². The maximum Gasteiger partial charge on any atom is 0.317 e. The van der Waals surface area contributed by atoms with Crippen molar-refractivity contribution in [3.63, 3.8) is 0 Å². The summed E-state index contributed by atoms with van der Waals surface area (Å²) in [6, 6.07) is 0. The van der Waals surface area contributed by atoms with Crippen LogP contribution in [-0.2, 0) is 19.2 Å². The Morgan fingerprint density at radius 3 is 1.55 bits per heavy atom. The molecule has 0 fully saturated rings. The van der Waals surface area contributed by atoms with E-state index in [9.17, 15) is 19.2 Å². The predicted molar refractivity (Wildman–Crippen MR) is 102 cm³/mol. The second-order valence-corrected chi connectivity index (χ2v) is 6.16. The lowest BCUT2D eigenvalue weighted by molar-refractivity contribution is -0.139. The molecule has 0 bridgehead atoms. The topological polar surface area (TPSA) is 192 Å². The fourth-order valence-corrected chi connectivity index (χ4v) is 2.33. The summed E-state index contributed by atoms with van der Waals surface area (Å²) in [7, 11) is 0. The number of amides is 1. The molecular weight excluding hydrogens is 390 g/mol. The Kier molecular flexibility index (Phi) is 15.3. The first-order valence-corrected chi connectivity index (χ1v) is 9.13. The zero-order valence-corrected chi connectivity index (χ0v) is 16.3. The van der Waals surface area contributed by atoms with Gasteiger partial charge in [0, 0.05) is 45.8 Å². The lowest BCUT2D eigenvalue weighted by Gasteiger charge is -2.26. The maximum atomic E-state index is 11.9. The first-order chi connectivity index (χ1) is 13.7. The first kappa shape index (κ1) is 26.7. The molecule has 0 aliphatic heterocycles. The molecule has 13 nitrogen and oxygen atoms in total. The van der Waals surface area contributed by atoms with Gasteiger partial charge in [-0.1, -0.05) is 0 Å². The van der Waals surface area contributed by atoms with Gasteiger partial charge in [0.15, 0.2) is 0 Å². The van der Waals surface area contributed by atoms with Crippen molar-refractivity contribution in [2.75, 3.05) is 78.6 Å². The van der Waals surface area contributed by atoms with E-state index in [1.165, 1.54) is 0 Å². The molecule has 0 spiro atoms. The molecule has 0 aliphatic carbocycles. The number of nitrogens with one attached hydrogen (secondary N) is 3. The summed E-state index contributed by atoms with van der Waals surface area (Å²) < 4.78 is 0. The Balaban J connectivity index is 4.62. The van der Waals surface area contributed by atoms with E-state index in [-0.39, 0.29) is 51.8 Å². The molecule has 0 aromatic rings. The molecule has 29 heavy (non-hydrogen) atoms. The molecule has 0 saturated carbocycles. The third kappa shape index (κ3) is 17.5. The van der Waals surface area contributed by atoms with E-state index in [1.54, 1.807) is 9.80 Å². The summed E-state index contributed by atoms with van der Waals surface area (Å²) in [6.45, 7) is 1.17. The number of rotatable bonds is 19. The Hall–Kier alpha value is -2.32. The van der Waals surface area contributed by atoms with Crippen LogP contribution in [0, 0.1) is 0 Å². The highest BCUT2D eigenvalue weighted by Crippen LogP contribution is 1.94. The molecule has 0 unspecified atom stereocenters. The summed E-state index contributed by atoms with van der Waals surface area (Å²) in [6.07, 6.45) is 0. The van der Waals surface area contributed by atoms with Crippen molar-refractivity contribution in [3.8, 4) is 0 Å². The number of aliphatic hydroxyl groups excluding tert-OH is 1. The number of nitrogens with zero attached hydrogens (tertiary/aromatic N) is 2. The third-order valence-electron chi connectivity index (χ3n) is 3.65. The number of carboxylic acids is 3. The normalized spacial score (nSPS) is 11.0. The molecule has 0 rings (SSSR count). The van der Waals surface area contributed by atoms with Gasteiger partial charge in [0.2, 0.25) is 5.91 Å². The van der Waals surface area contributed by atoms with Gasteiger partial charge in [-0.2, -0.15) is 0 Å². The Morgan fingerprint density at radius 1 is 0.655 bits per heavy atom. The summed E-state index contributed by atoms with van der Waals surface area (Å²) in [5, 5.41) is 43.0. The molecule has 0 aliphatic rings. The van der Waals surface area contributed by atoms with Crippen LogP contribution in [0.1, 0.15) is 0 Å². The molecular formula is C16H31N5O8. The highest BCUT2D eigenvalue weighted by Gasteiger charge is 2.15. The van der Waals surface area contributed by atoms with Crippen molar-refractivity contribution in [1.29, 1.82) is 0 Å². The Bertz CT molecular complexity index is 520. The van der Waals surface area contributed by atoms with Crippen LogP contribution in [0.25, 0.3) is 0 Å². The lowest BCUT2D eigenvalue weighted by Crippen LogP contribution is -2.46. The van der Waals surface area contributed by atoms with Crippen molar-refractivity contribution >= 4 is 23.8 Å². The van der Waals surface area contributed by atoms with Crippen LogP contribution >= 0.6 is 0 Å². The SMILES string of the molecule is O=C(O)CNCCN(CCN(CCNCC(=O)O)CC(=O)NCCO)CC(=O)O. The third-order valence-corrected chi connectivity index (χ3v) is 3.65. The molecule has 168 valence electrons. The highest BCUT2D eigenvalue weighted by molar-refractivity contribution is 5.78. The van der Waals surface area contributed by atoms with Crippen molar-refractivity contribution < 1.29 is 39.6 Å². The zero-order chi connectivity index (χ0) is 22.1. The molecule has 0 heterocycles. The minimum atomic E-state index is -1.03. The molecule has 0 aromatic heterocycles. The van der Waals surface area contributed by atoms with Crippen LogP contribution in [0.4, 0.5) is 0 Å². The van der Waals surface area contributed by atoms with Gasteiger partial charge < -0.3 is 36.4 Å². The van der Waals surface area contributed by atoms with Gasteiger partial charge in [-0.25, -0.2) is 0 Å². The molecule has 1 amide bonds. The van der Waals surface area contributed by atoms with Crippen LogP contribution in [0.3, 0.4) is 0 Å². The van der Waals surface area contributed by atoms with Crippen molar-refractivity contribution in [3.05, 3.63) is 0 Å². The quantitative estimate of drug-likeness (QED) is 0.101. The van der Waals surface area contributed by atoms with Crippen LogP contribution in [0.5, 0.6) is 0 Å². The first-order valence-electron chi connectivity index (χ1n) is 9.13. The number of aliphatic hydroxyl groups is 1. The lowest BCUT2D eigenvalue weighted by atomic mass is 10.3. The number of carbonyl (C=O) groups is 4. The van der Waals surface area contributed by atoms with Crippen molar-refractivity contribution in [2.24, 2.45) is 0 Å². The van der Waals surface area contributed by atoms with E-state index < -0.39 is 17.9 Å². The zero-order valence-electron chi connectivity index (χ0n) is 16.3. The minimum Gasteiger partial charge on any atom is -0.480 e. The number of carbonyl (C=O) groups excluding carboxylic acids is 1. The van der Waals surface area contributed by atoms with Crippen LogP contribution in [0.2, 0.25) is 0 Å². The molecule has 0 radical (unpaired) electrons. The predicted octanol–water partition coefficient (Wildman–Crippen LogP) is -3.87. The molecule has 13 heteroatoms. The van der Waals surface area contributed by atoms with E-state index >= 15 is 0 Å². The number of carboxylic acid groups (broad SMARTS) is 3. The summed E-state index contributed by atoms with van der Waals surface area (Å²) in [5.74, 6) is -3.36. The fraction of sp³-hybridized carbons (Fsp3) is 0.750. The van der Waals surface area contributed by atoms with Gasteiger partial charge in [-0.3, -0.25) is 29.0 Å². The fourth-order valence-electron chi connectivity index (χ4n) is 2.33. The smallest absolute Gasteiger partial charge is 0.317 e. The van der Waals surface area contributed by atoms with Gasteiger partial charge in [0.05, 0.1) is 32.8 Å². The van der Waals surface area contributed by atoms with Crippen LogP contribution in [0.15, 0.2) is 0 Å². The standard InChI is InChI=1S/C16H31N5O8/c22-8-3-19-13(23)11-20(4-1-17-9-14(24)25)6-7-21(12-16(28)29)5-2-18-10-15(26)27/h17-18,22H,1-12H2,(H,19,23)(H,24,25)(H,26,27)(H,28,29). The second kappa shape index (κ2) is 16.6. The van der Waals surface area contributed by atoms with Gasteiger partial charge in [0.1, 0.15) is 0 Å². The largest absolute Gasteiger partial charge is 0.480 e. The molecule has 0 aromatic carbocycles. The molecule has 0 saturated heterocycles. The van der Waals surface area contributed by atoms with Crippen molar-refractivity contribution in [2.45, 2.75) is 0 Å². The van der Waals surface area contributed by atoms with E-state index in [0.717, 1.165) is 0 Å². The number of hydrogen-bond donors (Lipinski definition) is 7. The average molecular weight is 421 g/mol. The van der Waals surface area contributed by atoms with Gasteiger partial charge >= 0.3 is 17.9 Å². The van der Waals surface area contributed by atoms with Gasteiger partial charge in [-0.05, 0) is 0 Å². The van der Waals surface area contributed by atoms with E-state index in [4.69, 9.17) is 20.4 Å². The van der Waals surface area contributed by atoms with Crippen LogP contribution < -0.4 is 16.0 Å². The van der Waals surface area contributed by atoms with Gasteiger partial charge in [-0.15, -0.1) is 0 Å². The average Bonchev–Trinajstić information content (AvgIpc) is 2.63. The highest BCUT2D eigenvalue weighted by atomic mass is 16.4. The summed E-state index contributed by atoms with van der Waals surface area (Å²) in [4.78, 5) is 47.4. The summed E-state index contributed by atoms with van der Waals surface area (Å²) >= 11 is 0. The Labute approximate surface area is 168 Å². The number of hydrogen-bond acceptors (Lipinski definition) is 9. The molecule has 7 N–H and O–H groups in total. The van der Waals surface area contributed by atoms with E-state index in [0.29, 0.717) is 32.7 Å². The van der Waals surface area contributed by atoms with E-state index in [1.807, 2.05) is 0 Å². The minimum absolute atomic E-state index is 0.00687. The summed E-state index contributed by atoms with van der Waals surface area (Å²) in [5.41, 5.74) is 0. The Morgan fingerprint density at radius 2 is 1.14 bits per heavy atom.